The molecule has 5 nitrogen and oxygen atoms in total. The number of nitrogens with two attached hydrogens (primary N) is 1. The molecule has 0 radical (unpaired) electrons. The Balaban J connectivity index is 1.78. The number of aryl methyl sites for hydroxylation is 1. The van der Waals surface area contributed by atoms with Crippen molar-refractivity contribution in [1.29, 1.82) is 0 Å². The number of carbonyl (C=O) groups excluding carboxylic acids is 1. The van der Waals surface area contributed by atoms with Gasteiger partial charge in [0.15, 0.2) is 0 Å². The molecule has 1 aromatic rings. The Hall–Kier alpha value is -0.980. The minimum Gasteiger partial charge on any atom is -0.364 e. The minimum atomic E-state index is -0.345. The van der Waals surface area contributed by atoms with Gasteiger partial charge in [-0.25, -0.2) is 4.98 Å². The lowest BCUT2D eigenvalue weighted by atomic mass is 10.2. The number of carbonyl (C=O) groups is 1. The summed E-state index contributed by atoms with van der Waals surface area (Å²) in [6.45, 7) is 3.03. The third-order valence-corrected chi connectivity index (χ3v) is 4.05. The SMILES string of the molecule is CCc1nc(CNC(=O)[C@@H]2CC[C@H](CN)O2)cs1. The summed E-state index contributed by atoms with van der Waals surface area (Å²) >= 11 is 1.63. The van der Waals surface area contributed by atoms with E-state index in [0.717, 1.165) is 30.0 Å². The van der Waals surface area contributed by atoms with Gasteiger partial charge in [-0.2, -0.15) is 0 Å². The summed E-state index contributed by atoms with van der Waals surface area (Å²) in [5, 5.41) is 5.94. The van der Waals surface area contributed by atoms with Crippen molar-refractivity contribution in [1.82, 2.24) is 10.3 Å². The highest BCUT2D eigenvalue weighted by Crippen LogP contribution is 2.19. The van der Waals surface area contributed by atoms with Crippen LogP contribution >= 0.6 is 11.3 Å². The fourth-order valence-corrected chi connectivity index (χ4v) is 2.70. The number of hydrogen-bond donors (Lipinski definition) is 2. The van der Waals surface area contributed by atoms with Crippen molar-refractivity contribution in [2.24, 2.45) is 5.73 Å². The highest BCUT2D eigenvalue weighted by Gasteiger charge is 2.29. The average Bonchev–Trinajstić information content (AvgIpc) is 3.04. The molecule has 2 atom stereocenters. The number of nitrogens with zero attached hydrogens (tertiary/aromatic N) is 1. The molecule has 1 fully saturated rings. The van der Waals surface area contributed by atoms with Crippen molar-refractivity contribution in [2.75, 3.05) is 6.54 Å². The third-order valence-electron chi connectivity index (χ3n) is 3.01. The lowest BCUT2D eigenvalue weighted by molar-refractivity contribution is -0.132. The largest absolute Gasteiger partial charge is 0.364 e. The van der Waals surface area contributed by atoms with Gasteiger partial charge in [0.1, 0.15) is 6.10 Å². The quantitative estimate of drug-likeness (QED) is 0.830. The molecule has 2 heterocycles. The van der Waals surface area contributed by atoms with E-state index < -0.39 is 0 Å². The Morgan fingerprint density at radius 1 is 1.67 bits per heavy atom. The van der Waals surface area contributed by atoms with Gasteiger partial charge in [0, 0.05) is 11.9 Å². The molecule has 0 spiro atoms. The van der Waals surface area contributed by atoms with Crippen LogP contribution in [0, 0.1) is 0 Å². The van der Waals surface area contributed by atoms with Gasteiger partial charge in [0.2, 0.25) is 5.91 Å². The normalized spacial score (nSPS) is 23.2. The first-order chi connectivity index (χ1) is 8.72. The zero-order valence-electron chi connectivity index (χ0n) is 10.5. The van der Waals surface area contributed by atoms with Crippen LogP contribution in [-0.4, -0.2) is 29.6 Å². The van der Waals surface area contributed by atoms with Crippen LogP contribution in [0.25, 0.3) is 0 Å². The summed E-state index contributed by atoms with van der Waals surface area (Å²) in [7, 11) is 0. The Kier molecular flexibility index (Phi) is 4.68. The number of nitrogens with one attached hydrogen (secondary N) is 1. The lowest BCUT2D eigenvalue weighted by Crippen LogP contribution is -2.35. The maximum Gasteiger partial charge on any atom is 0.249 e. The molecule has 1 amide bonds. The van der Waals surface area contributed by atoms with Gasteiger partial charge in [-0.3, -0.25) is 4.79 Å². The number of amides is 1. The first-order valence-corrected chi connectivity index (χ1v) is 7.17. The van der Waals surface area contributed by atoms with Gasteiger partial charge >= 0.3 is 0 Å². The molecule has 0 aliphatic carbocycles. The van der Waals surface area contributed by atoms with Crippen LogP contribution in [0.4, 0.5) is 0 Å². The van der Waals surface area contributed by atoms with Crippen molar-refractivity contribution in [3.63, 3.8) is 0 Å². The summed E-state index contributed by atoms with van der Waals surface area (Å²) in [5.41, 5.74) is 6.43. The maximum absolute atomic E-state index is 11.9. The molecule has 0 bridgehead atoms. The molecule has 1 aliphatic heterocycles. The Labute approximate surface area is 111 Å². The number of thiazole rings is 1. The van der Waals surface area contributed by atoms with Crippen LogP contribution in [0.2, 0.25) is 0 Å². The fraction of sp³-hybridized carbons (Fsp3) is 0.667. The molecule has 100 valence electrons. The van der Waals surface area contributed by atoms with Crippen molar-refractivity contribution < 1.29 is 9.53 Å². The summed E-state index contributed by atoms with van der Waals surface area (Å²) in [5.74, 6) is -0.0583. The summed E-state index contributed by atoms with van der Waals surface area (Å²) < 4.78 is 5.53. The number of aromatic nitrogens is 1. The van der Waals surface area contributed by atoms with E-state index in [1.165, 1.54) is 0 Å². The van der Waals surface area contributed by atoms with Crippen LogP contribution in [0.1, 0.15) is 30.5 Å². The molecule has 1 aliphatic rings. The van der Waals surface area contributed by atoms with Gasteiger partial charge in [0.05, 0.1) is 23.4 Å². The molecule has 0 aromatic carbocycles. The molecule has 1 aromatic heterocycles. The Bertz CT molecular complexity index is 408. The van der Waals surface area contributed by atoms with E-state index in [2.05, 4.69) is 17.2 Å². The van der Waals surface area contributed by atoms with Crippen molar-refractivity contribution in [3.8, 4) is 0 Å². The van der Waals surface area contributed by atoms with E-state index in [4.69, 9.17) is 10.5 Å². The number of rotatable bonds is 5. The molecule has 1 saturated heterocycles. The molecule has 18 heavy (non-hydrogen) atoms. The Morgan fingerprint density at radius 3 is 3.11 bits per heavy atom. The van der Waals surface area contributed by atoms with Gasteiger partial charge in [-0.05, 0) is 19.3 Å². The van der Waals surface area contributed by atoms with Crippen molar-refractivity contribution >= 4 is 17.2 Å². The second-order valence-electron chi connectivity index (χ2n) is 4.36. The highest BCUT2D eigenvalue weighted by atomic mass is 32.1. The highest BCUT2D eigenvalue weighted by molar-refractivity contribution is 7.09. The smallest absolute Gasteiger partial charge is 0.249 e. The van der Waals surface area contributed by atoms with Crippen LogP contribution in [0.15, 0.2) is 5.38 Å². The predicted molar refractivity (Wildman–Crippen MR) is 70.3 cm³/mol. The maximum atomic E-state index is 11.9. The fourth-order valence-electron chi connectivity index (χ4n) is 1.96. The third kappa shape index (κ3) is 3.28. The summed E-state index contributed by atoms with van der Waals surface area (Å²) in [6, 6.07) is 0. The molecule has 0 saturated carbocycles. The topological polar surface area (TPSA) is 77.2 Å². The molecular formula is C12H19N3O2S. The number of ether oxygens (including phenoxy) is 1. The molecule has 3 N–H and O–H groups in total. The van der Waals surface area contributed by atoms with Crippen LogP contribution in [-0.2, 0) is 22.5 Å². The van der Waals surface area contributed by atoms with E-state index >= 15 is 0 Å². The zero-order chi connectivity index (χ0) is 13.0. The summed E-state index contributed by atoms with van der Waals surface area (Å²) in [6.07, 6.45) is 2.24. The summed E-state index contributed by atoms with van der Waals surface area (Å²) in [4.78, 5) is 16.3. The van der Waals surface area contributed by atoms with Crippen LogP contribution < -0.4 is 11.1 Å². The lowest BCUT2D eigenvalue weighted by Gasteiger charge is -2.11. The minimum absolute atomic E-state index is 0.0340. The molecule has 6 heteroatoms. The van der Waals surface area contributed by atoms with Crippen molar-refractivity contribution in [3.05, 3.63) is 16.1 Å². The van der Waals surface area contributed by atoms with Crippen LogP contribution in [0.5, 0.6) is 0 Å². The second-order valence-corrected chi connectivity index (χ2v) is 5.31. The first-order valence-electron chi connectivity index (χ1n) is 6.29. The standard InChI is InChI=1S/C12H19N3O2S/c1-2-11-15-8(7-18-11)6-14-12(16)10-4-3-9(5-13)17-10/h7,9-10H,2-6,13H2,1H3,(H,14,16)/t9-,10+/m1/s1. The zero-order valence-corrected chi connectivity index (χ0v) is 11.3. The van der Waals surface area contributed by atoms with E-state index in [9.17, 15) is 4.79 Å². The number of hydrogen-bond acceptors (Lipinski definition) is 5. The van der Waals surface area contributed by atoms with Gasteiger partial charge in [0.25, 0.3) is 0 Å². The monoisotopic (exact) mass is 269 g/mol. The first kappa shape index (κ1) is 13.5. The average molecular weight is 269 g/mol. The molecule has 0 unspecified atom stereocenters. The van der Waals surface area contributed by atoms with Crippen LogP contribution in [0.3, 0.4) is 0 Å². The van der Waals surface area contributed by atoms with Crippen molar-refractivity contribution in [2.45, 2.75) is 44.9 Å². The van der Waals surface area contributed by atoms with Gasteiger partial charge in [-0.15, -0.1) is 11.3 Å². The Morgan fingerprint density at radius 2 is 2.50 bits per heavy atom. The van der Waals surface area contributed by atoms with E-state index in [-0.39, 0.29) is 18.1 Å². The molecule has 2 rings (SSSR count). The van der Waals surface area contributed by atoms with E-state index in [1.807, 2.05) is 5.38 Å². The van der Waals surface area contributed by atoms with Gasteiger partial charge in [-0.1, -0.05) is 6.92 Å². The predicted octanol–water partition coefficient (Wildman–Crippen LogP) is 0.828. The van der Waals surface area contributed by atoms with E-state index in [0.29, 0.717) is 13.1 Å². The van der Waals surface area contributed by atoms with Gasteiger partial charge < -0.3 is 15.8 Å². The molecular weight excluding hydrogens is 250 g/mol. The van der Waals surface area contributed by atoms with E-state index in [1.54, 1.807) is 11.3 Å². The second kappa shape index (κ2) is 6.26.